The van der Waals surface area contributed by atoms with E-state index in [0.29, 0.717) is 24.1 Å². The molecule has 0 aliphatic heterocycles. The number of amides is 1. The summed E-state index contributed by atoms with van der Waals surface area (Å²) in [4.78, 5) is 12.2. The predicted octanol–water partition coefficient (Wildman–Crippen LogP) is 3.10. The molecule has 0 saturated heterocycles. The van der Waals surface area contributed by atoms with Crippen LogP contribution in [0.2, 0.25) is 0 Å². The zero-order valence-electron chi connectivity index (χ0n) is 15.3. The fourth-order valence-corrected chi connectivity index (χ4v) is 3.29. The Labute approximate surface area is 157 Å². The van der Waals surface area contributed by atoms with Crippen LogP contribution in [0.3, 0.4) is 0 Å². The number of benzene rings is 1. The van der Waals surface area contributed by atoms with Crippen LogP contribution in [0.5, 0.6) is 11.5 Å². The minimum Gasteiger partial charge on any atom is -0.496 e. The summed E-state index contributed by atoms with van der Waals surface area (Å²) in [6, 6.07) is 6.16. The summed E-state index contributed by atoms with van der Waals surface area (Å²) in [7, 11) is 3.21. The van der Waals surface area contributed by atoms with Crippen molar-refractivity contribution in [2.45, 2.75) is 51.0 Å². The molecule has 0 bridgehead atoms. The molecular formula is C19H31ClN2O3. The zero-order valence-corrected chi connectivity index (χ0v) is 16.1. The fraction of sp³-hybridized carbons (Fsp3) is 0.632. The number of carbonyl (C=O) groups excluding carboxylic acids is 1. The minimum absolute atomic E-state index is 0. The fourth-order valence-electron chi connectivity index (χ4n) is 3.29. The average Bonchev–Trinajstić information content (AvgIpc) is 2.87. The van der Waals surface area contributed by atoms with E-state index in [2.05, 4.69) is 10.6 Å². The van der Waals surface area contributed by atoms with Gasteiger partial charge in [-0.25, -0.2) is 0 Å². The predicted molar refractivity (Wildman–Crippen MR) is 103 cm³/mol. The lowest BCUT2D eigenvalue weighted by Gasteiger charge is -2.16. The number of halogens is 1. The minimum atomic E-state index is -0.0135. The second-order valence-electron chi connectivity index (χ2n) is 6.31. The summed E-state index contributed by atoms with van der Waals surface area (Å²) in [6.07, 6.45) is 8.12. The number of carbonyl (C=O) groups is 1. The van der Waals surface area contributed by atoms with Gasteiger partial charge in [0, 0.05) is 24.7 Å². The smallest absolute Gasteiger partial charge is 0.224 e. The summed E-state index contributed by atoms with van der Waals surface area (Å²) < 4.78 is 10.7. The van der Waals surface area contributed by atoms with Crippen molar-refractivity contribution >= 4 is 18.3 Å². The van der Waals surface area contributed by atoms with Crippen molar-refractivity contribution in [3.8, 4) is 11.5 Å². The number of nitrogens with one attached hydrogen (secondary N) is 2. The highest BCUT2D eigenvalue weighted by Gasteiger charge is 2.14. The van der Waals surface area contributed by atoms with Crippen molar-refractivity contribution in [2.24, 2.45) is 0 Å². The molecule has 1 aromatic carbocycles. The molecule has 2 rings (SSSR count). The van der Waals surface area contributed by atoms with Crippen molar-refractivity contribution < 1.29 is 14.3 Å². The van der Waals surface area contributed by atoms with Gasteiger partial charge in [0.25, 0.3) is 0 Å². The summed E-state index contributed by atoms with van der Waals surface area (Å²) >= 11 is 0. The molecule has 2 N–H and O–H groups in total. The number of ether oxygens (including phenoxy) is 2. The first kappa shape index (κ1) is 21.6. The van der Waals surface area contributed by atoms with Crippen molar-refractivity contribution in [2.75, 3.05) is 27.3 Å². The van der Waals surface area contributed by atoms with Crippen molar-refractivity contribution in [1.82, 2.24) is 10.6 Å². The van der Waals surface area contributed by atoms with Gasteiger partial charge < -0.3 is 20.1 Å². The Hall–Kier alpha value is -1.46. The summed E-state index contributed by atoms with van der Waals surface area (Å²) in [5.41, 5.74) is 0.789. The molecule has 1 aromatic rings. The van der Waals surface area contributed by atoms with Crippen LogP contribution in [-0.2, 0) is 11.2 Å². The lowest BCUT2D eigenvalue weighted by atomic mass is 10.1. The Morgan fingerprint density at radius 3 is 2.20 bits per heavy atom. The molecule has 0 atom stereocenters. The van der Waals surface area contributed by atoms with Crippen LogP contribution >= 0.6 is 12.4 Å². The third-order valence-corrected chi connectivity index (χ3v) is 4.60. The molecule has 1 fully saturated rings. The van der Waals surface area contributed by atoms with Crippen LogP contribution in [0.4, 0.5) is 0 Å². The van der Waals surface area contributed by atoms with Gasteiger partial charge in [-0.05, 0) is 25.0 Å². The van der Waals surface area contributed by atoms with Crippen LogP contribution in [0, 0.1) is 0 Å². The molecule has 142 valence electrons. The normalized spacial score (nSPS) is 15.0. The van der Waals surface area contributed by atoms with Crippen molar-refractivity contribution in [3.05, 3.63) is 23.8 Å². The molecule has 0 heterocycles. The SMILES string of the molecule is COc1cccc(OC)c1CC(=O)NCCNC1CCCCCC1.Cl. The molecular weight excluding hydrogens is 340 g/mol. The van der Waals surface area contributed by atoms with Gasteiger partial charge in [0.2, 0.25) is 5.91 Å². The third-order valence-electron chi connectivity index (χ3n) is 4.60. The Balaban J connectivity index is 0.00000312. The number of methoxy groups -OCH3 is 2. The zero-order chi connectivity index (χ0) is 17.2. The summed E-state index contributed by atoms with van der Waals surface area (Å²) in [6.45, 7) is 1.46. The standard InChI is InChI=1S/C19H30N2O3.ClH/c1-23-17-10-7-11-18(24-2)16(17)14-19(22)21-13-12-20-15-8-5-3-4-6-9-15;/h7,10-11,15,20H,3-6,8-9,12-14H2,1-2H3,(H,21,22);1H. The lowest BCUT2D eigenvalue weighted by Crippen LogP contribution is -2.37. The number of hydrogen-bond acceptors (Lipinski definition) is 4. The molecule has 0 spiro atoms. The Morgan fingerprint density at radius 1 is 1.04 bits per heavy atom. The lowest BCUT2D eigenvalue weighted by molar-refractivity contribution is -0.120. The Kier molecular flexibility index (Phi) is 10.3. The van der Waals surface area contributed by atoms with Crippen LogP contribution in [0.15, 0.2) is 18.2 Å². The Bertz CT molecular complexity index is 495. The number of hydrogen-bond donors (Lipinski definition) is 2. The van der Waals surface area contributed by atoms with Gasteiger partial charge in [-0.2, -0.15) is 0 Å². The van der Waals surface area contributed by atoms with E-state index >= 15 is 0 Å². The quantitative estimate of drug-likeness (QED) is 0.545. The maximum Gasteiger partial charge on any atom is 0.224 e. The monoisotopic (exact) mass is 370 g/mol. The van der Waals surface area contributed by atoms with E-state index in [9.17, 15) is 4.79 Å². The first-order chi connectivity index (χ1) is 11.7. The van der Waals surface area contributed by atoms with Crippen molar-refractivity contribution in [1.29, 1.82) is 0 Å². The highest BCUT2D eigenvalue weighted by Crippen LogP contribution is 2.28. The van der Waals surface area contributed by atoms with Crippen molar-refractivity contribution in [3.63, 3.8) is 0 Å². The molecule has 1 amide bonds. The molecule has 5 nitrogen and oxygen atoms in total. The maximum absolute atomic E-state index is 12.2. The molecule has 0 radical (unpaired) electrons. The van der Waals surface area contributed by atoms with E-state index in [0.717, 1.165) is 12.1 Å². The topological polar surface area (TPSA) is 59.6 Å². The van der Waals surface area contributed by atoms with Crippen LogP contribution in [0.25, 0.3) is 0 Å². The third kappa shape index (κ3) is 7.12. The molecule has 25 heavy (non-hydrogen) atoms. The summed E-state index contributed by atoms with van der Waals surface area (Å²) in [5, 5.41) is 6.54. The first-order valence-electron chi connectivity index (χ1n) is 8.94. The maximum atomic E-state index is 12.2. The van der Waals surface area contributed by atoms with Crippen LogP contribution in [0.1, 0.15) is 44.1 Å². The highest BCUT2D eigenvalue weighted by atomic mass is 35.5. The molecule has 0 aromatic heterocycles. The highest BCUT2D eigenvalue weighted by molar-refractivity contribution is 5.85. The van der Waals surface area contributed by atoms with Gasteiger partial charge >= 0.3 is 0 Å². The molecule has 6 heteroatoms. The van der Waals surface area contributed by atoms with E-state index in [1.54, 1.807) is 14.2 Å². The largest absolute Gasteiger partial charge is 0.496 e. The van der Waals surface area contributed by atoms with Crippen LogP contribution in [-0.4, -0.2) is 39.3 Å². The second kappa shape index (κ2) is 12.0. The molecule has 1 aliphatic carbocycles. The van der Waals surface area contributed by atoms with Gasteiger partial charge in [-0.1, -0.05) is 31.7 Å². The Morgan fingerprint density at radius 2 is 1.64 bits per heavy atom. The van der Waals surface area contributed by atoms with Gasteiger partial charge in [0.1, 0.15) is 11.5 Å². The average molecular weight is 371 g/mol. The molecule has 1 aliphatic rings. The van der Waals surface area contributed by atoms with Gasteiger partial charge in [0.05, 0.1) is 20.6 Å². The molecule has 1 saturated carbocycles. The first-order valence-corrected chi connectivity index (χ1v) is 8.94. The van der Waals surface area contributed by atoms with E-state index in [1.165, 1.54) is 38.5 Å². The van der Waals surface area contributed by atoms with Gasteiger partial charge in [0.15, 0.2) is 0 Å². The van der Waals surface area contributed by atoms with E-state index in [-0.39, 0.29) is 24.7 Å². The van der Waals surface area contributed by atoms with E-state index < -0.39 is 0 Å². The van der Waals surface area contributed by atoms with E-state index in [4.69, 9.17) is 9.47 Å². The van der Waals surface area contributed by atoms with Gasteiger partial charge in [-0.3, -0.25) is 4.79 Å². The molecule has 0 unspecified atom stereocenters. The summed E-state index contributed by atoms with van der Waals surface area (Å²) in [5.74, 6) is 1.35. The second-order valence-corrected chi connectivity index (χ2v) is 6.31. The number of rotatable bonds is 8. The van der Waals surface area contributed by atoms with Gasteiger partial charge in [-0.15, -0.1) is 12.4 Å². The van der Waals surface area contributed by atoms with E-state index in [1.807, 2.05) is 18.2 Å². The van der Waals surface area contributed by atoms with Crippen LogP contribution < -0.4 is 20.1 Å².